The highest BCUT2D eigenvalue weighted by molar-refractivity contribution is 5.25. The predicted molar refractivity (Wildman–Crippen MR) is 136 cm³/mol. The van der Waals surface area contributed by atoms with E-state index in [0.717, 1.165) is 41.4 Å². The molecule has 0 spiro atoms. The van der Waals surface area contributed by atoms with Crippen molar-refractivity contribution >= 4 is 0 Å². The van der Waals surface area contributed by atoms with Crippen LogP contribution >= 0.6 is 0 Å². The Morgan fingerprint density at radius 2 is 1.74 bits per heavy atom. The molecule has 4 aliphatic carbocycles. The van der Waals surface area contributed by atoms with Crippen LogP contribution in [-0.2, 0) is 0 Å². The van der Waals surface area contributed by atoms with Crippen molar-refractivity contribution in [2.24, 2.45) is 52.3 Å². The fourth-order valence-electron chi connectivity index (χ4n) is 9.50. The van der Waals surface area contributed by atoms with Crippen LogP contribution in [0, 0.1) is 52.3 Å². The Morgan fingerprint density at radius 1 is 0.935 bits per heavy atom. The van der Waals surface area contributed by atoms with E-state index in [4.69, 9.17) is 0 Å². The molecular formula is C31H54. The van der Waals surface area contributed by atoms with Gasteiger partial charge in [0.05, 0.1) is 0 Å². The van der Waals surface area contributed by atoms with Crippen molar-refractivity contribution in [2.45, 2.75) is 131 Å². The monoisotopic (exact) mass is 426 g/mol. The summed E-state index contributed by atoms with van der Waals surface area (Å²) in [7, 11) is 0. The van der Waals surface area contributed by atoms with E-state index in [0.29, 0.717) is 10.8 Å². The minimum absolute atomic E-state index is 0.550. The lowest BCUT2D eigenvalue weighted by molar-refractivity contribution is -0.0529. The summed E-state index contributed by atoms with van der Waals surface area (Å²) in [6, 6.07) is 0. The van der Waals surface area contributed by atoms with Gasteiger partial charge in [-0.3, -0.25) is 0 Å². The highest BCUT2D eigenvalue weighted by atomic mass is 14.6. The molecule has 0 aliphatic heterocycles. The molecule has 8 atom stereocenters. The van der Waals surface area contributed by atoms with Gasteiger partial charge in [-0.25, -0.2) is 0 Å². The summed E-state index contributed by atoms with van der Waals surface area (Å²) in [5, 5.41) is 0. The second-order valence-corrected chi connectivity index (χ2v) is 13.5. The van der Waals surface area contributed by atoms with Crippen molar-refractivity contribution in [1.82, 2.24) is 0 Å². The van der Waals surface area contributed by atoms with Gasteiger partial charge in [-0.1, -0.05) is 91.7 Å². The lowest BCUT2D eigenvalue weighted by Crippen LogP contribution is -2.50. The quantitative estimate of drug-likeness (QED) is 0.339. The Kier molecular flexibility index (Phi) is 7.35. The van der Waals surface area contributed by atoms with E-state index in [1.165, 1.54) is 89.9 Å². The summed E-state index contributed by atoms with van der Waals surface area (Å²) in [4.78, 5) is 0. The topological polar surface area (TPSA) is 0 Å². The Morgan fingerprint density at radius 3 is 2.48 bits per heavy atom. The van der Waals surface area contributed by atoms with E-state index in [1.807, 2.05) is 5.57 Å². The van der Waals surface area contributed by atoms with Crippen LogP contribution < -0.4 is 0 Å². The maximum Gasteiger partial charge on any atom is -0.00851 e. The molecule has 178 valence electrons. The van der Waals surface area contributed by atoms with Crippen molar-refractivity contribution < 1.29 is 0 Å². The molecule has 0 radical (unpaired) electrons. The standard InChI is InChI=1S/C31H54/c1-7-8-12-24-17-19-30(5)25(21-24)13-14-26-28-16-15-27(23(4)11-9-10-22(2)3)31(28,6)20-18-29(26)30/h13,22-24,26-29H,7-12,14-21H2,1-6H3/t23-,24+,26?,27?,28+,29?,30?,31?/m1/s1. The smallest absolute Gasteiger partial charge is 0.00851 e. The molecule has 3 saturated carbocycles. The van der Waals surface area contributed by atoms with Gasteiger partial charge in [0.2, 0.25) is 0 Å². The third kappa shape index (κ3) is 4.45. The van der Waals surface area contributed by atoms with Crippen LogP contribution in [0.1, 0.15) is 131 Å². The summed E-state index contributed by atoms with van der Waals surface area (Å²) < 4.78 is 0. The minimum Gasteiger partial charge on any atom is -0.0845 e. The van der Waals surface area contributed by atoms with Crippen molar-refractivity contribution in [1.29, 1.82) is 0 Å². The van der Waals surface area contributed by atoms with Gasteiger partial charge in [0.25, 0.3) is 0 Å². The molecule has 5 unspecified atom stereocenters. The first-order chi connectivity index (χ1) is 14.8. The van der Waals surface area contributed by atoms with Crippen molar-refractivity contribution in [3.8, 4) is 0 Å². The predicted octanol–water partition coefficient (Wildman–Crippen LogP) is 9.83. The molecule has 0 saturated heterocycles. The molecule has 0 N–H and O–H groups in total. The summed E-state index contributed by atoms with van der Waals surface area (Å²) in [5.41, 5.74) is 3.09. The highest BCUT2D eigenvalue weighted by Gasteiger charge is 2.59. The van der Waals surface area contributed by atoms with E-state index in [1.54, 1.807) is 0 Å². The first-order valence-electron chi connectivity index (χ1n) is 14.5. The third-order valence-electron chi connectivity index (χ3n) is 11.4. The second-order valence-electron chi connectivity index (χ2n) is 13.5. The lowest BCUT2D eigenvalue weighted by Gasteiger charge is -2.58. The largest absolute Gasteiger partial charge is 0.0845 e. The van der Waals surface area contributed by atoms with Gasteiger partial charge in [-0.15, -0.1) is 0 Å². The van der Waals surface area contributed by atoms with Gasteiger partial charge in [-0.05, 0) is 104 Å². The molecule has 0 aromatic rings. The molecule has 0 amide bonds. The van der Waals surface area contributed by atoms with Crippen molar-refractivity contribution in [3.05, 3.63) is 11.6 Å². The number of fused-ring (bicyclic) bond motifs is 5. The van der Waals surface area contributed by atoms with E-state index in [2.05, 4.69) is 47.6 Å². The molecule has 0 heterocycles. The van der Waals surface area contributed by atoms with E-state index >= 15 is 0 Å². The van der Waals surface area contributed by atoms with Crippen LogP contribution in [0.4, 0.5) is 0 Å². The number of unbranched alkanes of at least 4 members (excludes halogenated alkanes) is 1. The third-order valence-corrected chi connectivity index (χ3v) is 11.4. The van der Waals surface area contributed by atoms with Crippen LogP contribution in [0.3, 0.4) is 0 Å². The minimum atomic E-state index is 0.550. The molecule has 31 heavy (non-hydrogen) atoms. The zero-order valence-electron chi connectivity index (χ0n) is 22.0. The maximum atomic E-state index is 2.80. The fraction of sp³-hybridized carbons (Fsp3) is 0.935. The average Bonchev–Trinajstić information content (AvgIpc) is 3.09. The van der Waals surface area contributed by atoms with Crippen LogP contribution in [0.2, 0.25) is 0 Å². The molecule has 0 heteroatoms. The Bertz CT molecular complexity index is 628. The zero-order valence-corrected chi connectivity index (χ0v) is 22.0. The van der Waals surface area contributed by atoms with Crippen LogP contribution in [0.15, 0.2) is 11.6 Å². The Balaban J connectivity index is 1.45. The van der Waals surface area contributed by atoms with Crippen LogP contribution in [0.5, 0.6) is 0 Å². The summed E-state index contributed by atoms with van der Waals surface area (Å²) in [6.45, 7) is 15.2. The molecule has 0 aromatic carbocycles. The zero-order chi connectivity index (χ0) is 22.2. The molecule has 0 aromatic heterocycles. The van der Waals surface area contributed by atoms with Crippen LogP contribution in [0.25, 0.3) is 0 Å². The van der Waals surface area contributed by atoms with Gasteiger partial charge < -0.3 is 0 Å². The normalized spacial score (nSPS) is 43.2. The van der Waals surface area contributed by atoms with Crippen molar-refractivity contribution in [2.75, 3.05) is 0 Å². The van der Waals surface area contributed by atoms with E-state index in [9.17, 15) is 0 Å². The van der Waals surface area contributed by atoms with E-state index < -0.39 is 0 Å². The highest BCUT2D eigenvalue weighted by Crippen LogP contribution is 2.67. The summed E-state index contributed by atoms with van der Waals surface area (Å²) >= 11 is 0. The van der Waals surface area contributed by atoms with Gasteiger partial charge in [0.1, 0.15) is 0 Å². The lowest BCUT2D eigenvalue weighted by atomic mass is 9.46. The van der Waals surface area contributed by atoms with Gasteiger partial charge in [0, 0.05) is 0 Å². The summed E-state index contributed by atoms with van der Waals surface area (Å²) in [5.74, 6) is 6.79. The van der Waals surface area contributed by atoms with Gasteiger partial charge >= 0.3 is 0 Å². The first-order valence-corrected chi connectivity index (χ1v) is 14.5. The molecule has 0 bridgehead atoms. The fourth-order valence-corrected chi connectivity index (χ4v) is 9.50. The van der Waals surface area contributed by atoms with Crippen LogP contribution in [-0.4, -0.2) is 0 Å². The second kappa shape index (κ2) is 9.54. The molecule has 4 aliphatic rings. The number of rotatable bonds is 8. The molecule has 3 fully saturated rings. The number of hydrogen-bond donors (Lipinski definition) is 0. The SMILES string of the molecule is CCCC[C@H]1CCC2(C)C(=CCC3C2CCC2(C)C([C@H](C)CCCC(C)C)CC[C@@H]32)C1. The molecular weight excluding hydrogens is 372 g/mol. The van der Waals surface area contributed by atoms with E-state index in [-0.39, 0.29) is 0 Å². The maximum absolute atomic E-state index is 2.80. The van der Waals surface area contributed by atoms with Crippen molar-refractivity contribution in [3.63, 3.8) is 0 Å². The number of hydrogen-bond acceptors (Lipinski definition) is 0. The first kappa shape index (κ1) is 23.9. The summed E-state index contributed by atoms with van der Waals surface area (Å²) in [6.07, 6.45) is 23.4. The number of allylic oxidation sites excluding steroid dienone is 2. The Hall–Kier alpha value is -0.260. The molecule has 4 rings (SSSR count). The van der Waals surface area contributed by atoms with Gasteiger partial charge in [-0.2, -0.15) is 0 Å². The van der Waals surface area contributed by atoms with Gasteiger partial charge in [0.15, 0.2) is 0 Å². The average molecular weight is 427 g/mol. The Labute approximate surface area is 195 Å². The molecule has 0 nitrogen and oxygen atoms in total.